The van der Waals surface area contributed by atoms with Crippen LogP contribution in [0.3, 0.4) is 0 Å². The minimum atomic E-state index is -0.981. The third kappa shape index (κ3) is 5.12. The lowest BCUT2D eigenvalue weighted by Gasteiger charge is -2.25. The van der Waals surface area contributed by atoms with Gasteiger partial charge in [-0.3, -0.25) is 4.79 Å². The number of benzene rings is 3. The van der Waals surface area contributed by atoms with Crippen molar-refractivity contribution in [1.29, 1.82) is 5.26 Å². The van der Waals surface area contributed by atoms with Crippen molar-refractivity contribution in [2.75, 3.05) is 11.4 Å². The molecule has 3 rings (SSSR count). The second-order valence-corrected chi connectivity index (χ2v) is 6.72. The number of ether oxygens (including phenoxy) is 1. The van der Waals surface area contributed by atoms with Crippen LogP contribution in [-0.4, -0.2) is 24.5 Å². The monoisotopic (exact) mass is 398 g/mol. The predicted molar refractivity (Wildman–Crippen MR) is 116 cm³/mol. The summed E-state index contributed by atoms with van der Waals surface area (Å²) in [7, 11) is 0. The van der Waals surface area contributed by atoms with E-state index in [9.17, 15) is 9.59 Å². The number of anilines is 1. The van der Waals surface area contributed by atoms with Crippen LogP contribution in [0.5, 0.6) is 0 Å². The third-order valence-corrected chi connectivity index (χ3v) is 4.64. The zero-order chi connectivity index (χ0) is 21.3. The normalized spacial score (nSPS) is 11.2. The van der Waals surface area contributed by atoms with Gasteiger partial charge in [-0.15, -0.1) is 0 Å². The Kier molecular flexibility index (Phi) is 6.96. The second kappa shape index (κ2) is 10.0. The van der Waals surface area contributed by atoms with Gasteiger partial charge >= 0.3 is 5.97 Å². The quantitative estimate of drug-likeness (QED) is 0.534. The molecule has 5 heteroatoms. The predicted octanol–water partition coefficient (Wildman–Crippen LogP) is 4.85. The minimum absolute atomic E-state index is 0.183. The summed E-state index contributed by atoms with van der Waals surface area (Å²) in [5.41, 5.74) is 3.07. The molecule has 0 bridgehead atoms. The average Bonchev–Trinajstić information content (AvgIpc) is 2.80. The molecule has 3 aromatic carbocycles. The van der Waals surface area contributed by atoms with Crippen LogP contribution in [0.1, 0.15) is 23.7 Å². The fourth-order valence-electron chi connectivity index (χ4n) is 3.06. The van der Waals surface area contributed by atoms with Crippen LogP contribution in [0.25, 0.3) is 11.1 Å². The van der Waals surface area contributed by atoms with Gasteiger partial charge in [-0.1, -0.05) is 60.7 Å². The third-order valence-electron chi connectivity index (χ3n) is 4.64. The van der Waals surface area contributed by atoms with Crippen molar-refractivity contribution in [1.82, 2.24) is 0 Å². The lowest BCUT2D eigenvalue weighted by molar-refractivity contribution is -0.126. The number of amides is 1. The first-order chi connectivity index (χ1) is 14.6. The second-order valence-electron chi connectivity index (χ2n) is 6.72. The van der Waals surface area contributed by atoms with Crippen LogP contribution in [0.4, 0.5) is 5.69 Å². The summed E-state index contributed by atoms with van der Waals surface area (Å²) in [5, 5.41) is 8.91. The Balaban J connectivity index is 1.69. The first kappa shape index (κ1) is 20.8. The Morgan fingerprint density at radius 2 is 1.47 bits per heavy atom. The van der Waals surface area contributed by atoms with Gasteiger partial charge in [-0.25, -0.2) is 4.79 Å². The summed E-state index contributed by atoms with van der Waals surface area (Å²) < 4.78 is 5.41. The molecule has 0 saturated carbocycles. The van der Waals surface area contributed by atoms with Crippen LogP contribution < -0.4 is 4.90 Å². The zero-order valence-electron chi connectivity index (χ0n) is 16.7. The maximum absolute atomic E-state index is 12.9. The molecule has 0 aromatic heterocycles. The van der Waals surface area contributed by atoms with Gasteiger partial charge in [0.15, 0.2) is 6.10 Å². The van der Waals surface area contributed by atoms with E-state index >= 15 is 0 Å². The summed E-state index contributed by atoms with van der Waals surface area (Å²) in [6.07, 6.45) is -0.799. The molecule has 0 heterocycles. The molecule has 1 amide bonds. The van der Waals surface area contributed by atoms with Crippen LogP contribution in [0.15, 0.2) is 84.9 Å². The highest BCUT2D eigenvalue weighted by molar-refractivity contribution is 5.99. The molecular weight excluding hydrogens is 376 g/mol. The first-order valence-electron chi connectivity index (χ1n) is 9.70. The number of carbonyl (C=O) groups excluding carboxylic acids is 2. The fraction of sp³-hybridized carbons (Fsp3) is 0.160. The first-order valence-corrected chi connectivity index (χ1v) is 9.70. The summed E-state index contributed by atoms with van der Waals surface area (Å²) in [6, 6.07) is 28.0. The van der Waals surface area contributed by atoms with Gasteiger partial charge in [-0.05, 0) is 42.3 Å². The van der Waals surface area contributed by atoms with Crippen molar-refractivity contribution in [3.8, 4) is 17.2 Å². The molecular formula is C25H22N2O3. The van der Waals surface area contributed by atoms with Gasteiger partial charge in [0.05, 0.1) is 18.1 Å². The summed E-state index contributed by atoms with van der Waals surface area (Å²) >= 11 is 0. The van der Waals surface area contributed by atoms with Crippen molar-refractivity contribution in [2.24, 2.45) is 0 Å². The maximum Gasteiger partial charge on any atom is 0.338 e. The Bertz CT molecular complexity index is 1030. The smallest absolute Gasteiger partial charge is 0.338 e. The molecule has 3 aromatic rings. The molecule has 0 aliphatic heterocycles. The highest BCUT2D eigenvalue weighted by Crippen LogP contribution is 2.20. The van der Waals surface area contributed by atoms with E-state index in [4.69, 9.17) is 10.00 Å². The largest absolute Gasteiger partial charge is 0.449 e. The van der Waals surface area contributed by atoms with Crippen LogP contribution in [-0.2, 0) is 9.53 Å². The Morgan fingerprint density at radius 3 is 2.07 bits per heavy atom. The van der Waals surface area contributed by atoms with E-state index in [0.717, 1.165) is 11.1 Å². The number of esters is 1. The van der Waals surface area contributed by atoms with Gasteiger partial charge in [-0.2, -0.15) is 5.26 Å². The molecule has 0 spiro atoms. The molecule has 0 unspecified atom stereocenters. The van der Waals surface area contributed by atoms with Crippen molar-refractivity contribution < 1.29 is 14.3 Å². The van der Waals surface area contributed by atoms with E-state index in [2.05, 4.69) is 0 Å². The summed E-state index contributed by atoms with van der Waals surface area (Å²) in [4.78, 5) is 26.9. The Hall–Kier alpha value is -3.91. The lowest BCUT2D eigenvalue weighted by atomic mass is 10.0. The highest BCUT2D eigenvalue weighted by atomic mass is 16.5. The van der Waals surface area contributed by atoms with Crippen LogP contribution in [0, 0.1) is 11.3 Å². The average molecular weight is 398 g/mol. The molecule has 0 saturated heterocycles. The number of carbonyl (C=O) groups is 2. The minimum Gasteiger partial charge on any atom is -0.449 e. The Morgan fingerprint density at radius 1 is 0.900 bits per heavy atom. The van der Waals surface area contributed by atoms with Gasteiger partial charge in [0.25, 0.3) is 5.91 Å². The van der Waals surface area contributed by atoms with Crippen LogP contribution in [0.2, 0.25) is 0 Å². The molecule has 0 aliphatic rings. The van der Waals surface area contributed by atoms with E-state index in [0.29, 0.717) is 11.3 Å². The fourth-order valence-corrected chi connectivity index (χ4v) is 3.06. The number of rotatable bonds is 7. The molecule has 5 nitrogen and oxygen atoms in total. The van der Waals surface area contributed by atoms with E-state index in [1.165, 1.54) is 4.90 Å². The molecule has 0 fully saturated rings. The molecule has 30 heavy (non-hydrogen) atoms. The lowest BCUT2D eigenvalue weighted by Crippen LogP contribution is -2.40. The summed E-state index contributed by atoms with van der Waals surface area (Å²) in [5.74, 6) is -0.936. The van der Waals surface area contributed by atoms with Crippen molar-refractivity contribution in [3.05, 3.63) is 90.5 Å². The molecule has 0 aliphatic carbocycles. The van der Waals surface area contributed by atoms with Gasteiger partial charge in [0.2, 0.25) is 0 Å². The van der Waals surface area contributed by atoms with Crippen molar-refractivity contribution in [2.45, 2.75) is 19.4 Å². The number of hydrogen-bond acceptors (Lipinski definition) is 4. The standard InChI is InChI=1S/C25H22N2O3/c1-19(24(28)27(18-8-17-26)23-11-6-3-7-12-23)30-25(29)22-15-13-21(14-16-22)20-9-4-2-5-10-20/h2-7,9-16,19H,8,18H2,1H3/t19-/m0/s1. The number of nitriles is 1. The van der Waals surface area contributed by atoms with Gasteiger partial charge in [0, 0.05) is 12.2 Å². The number of nitrogens with zero attached hydrogens (tertiary/aromatic N) is 2. The SMILES string of the molecule is C[C@H](OC(=O)c1ccc(-c2ccccc2)cc1)C(=O)N(CCC#N)c1ccccc1. The van der Waals surface area contributed by atoms with E-state index in [-0.39, 0.29) is 18.9 Å². The molecule has 150 valence electrons. The topological polar surface area (TPSA) is 70.4 Å². The molecule has 0 N–H and O–H groups in total. The van der Waals surface area contributed by atoms with Crippen molar-refractivity contribution >= 4 is 17.6 Å². The van der Waals surface area contributed by atoms with Crippen LogP contribution >= 0.6 is 0 Å². The van der Waals surface area contributed by atoms with E-state index in [1.54, 1.807) is 31.2 Å². The zero-order valence-corrected chi connectivity index (χ0v) is 16.7. The number of hydrogen-bond donors (Lipinski definition) is 0. The molecule has 0 radical (unpaired) electrons. The van der Waals surface area contributed by atoms with E-state index < -0.39 is 12.1 Å². The van der Waals surface area contributed by atoms with E-state index in [1.807, 2.05) is 66.7 Å². The Labute approximate surface area is 176 Å². The summed E-state index contributed by atoms with van der Waals surface area (Å²) in [6.45, 7) is 1.77. The van der Waals surface area contributed by atoms with Crippen molar-refractivity contribution in [3.63, 3.8) is 0 Å². The van der Waals surface area contributed by atoms with Gasteiger partial charge in [0.1, 0.15) is 0 Å². The van der Waals surface area contributed by atoms with Gasteiger partial charge < -0.3 is 9.64 Å². The maximum atomic E-state index is 12.9. The highest BCUT2D eigenvalue weighted by Gasteiger charge is 2.25. The number of para-hydroxylation sites is 1. The molecule has 1 atom stereocenters.